The van der Waals surface area contributed by atoms with Crippen LogP contribution in [-0.2, 0) is 11.3 Å². The van der Waals surface area contributed by atoms with E-state index in [9.17, 15) is 4.79 Å². The summed E-state index contributed by atoms with van der Waals surface area (Å²) in [7, 11) is 0. The van der Waals surface area contributed by atoms with Crippen LogP contribution in [0.25, 0.3) is 22.6 Å². The molecule has 0 aliphatic heterocycles. The Labute approximate surface area is 165 Å². The van der Waals surface area contributed by atoms with Crippen molar-refractivity contribution in [2.45, 2.75) is 18.6 Å². The first-order valence-electron chi connectivity index (χ1n) is 8.72. The van der Waals surface area contributed by atoms with Crippen LogP contribution in [0.1, 0.15) is 6.92 Å². The Bertz CT molecular complexity index is 1110. The second kappa shape index (κ2) is 8.13. The number of para-hydroxylation sites is 1. The molecule has 0 saturated heterocycles. The van der Waals surface area contributed by atoms with Crippen LogP contribution in [0.4, 0.5) is 5.69 Å². The van der Waals surface area contributed by atoms with E-state index in [2.05, 4.69) is 30.5 Å². The summed E-state index contributed by atoms with van der Waals surface area (Å²) in [5, 5.41) is 12.1. The molecule has 4 rings (SSSR count). The van der Waals surface area contributed by atoms with Gasteiger partial charge in [0.1, 0.15) is 5.52 Å². The molecule has 4 aromatic rings. The number of anilines is 1. The molecule has 0 spiro atoms. The van der Waals surface area contributed by atoms with Gasteiger partial charge in [-0.1, -0.05) is 30.0 Å². The Hall–Kier alpha value is -3.33. The molecule has 0 unspecified atom stereocenters. The molecule has 0 fully saturated rings. The van der Waals surface area contributed by atoms with Crippen LogP contribution in [0, 0.1) is 0 Å². The summed E-state index contributed by atoms with van der Waals surface area (Å²) in [6, 6.07) is 11.3. The summed E-state index contributed by atoms with van der Waals surface area (Å²) in [5.74, 6) is 0.841. The van der Waals surface area contributed by atoms with Crippen molar-refractivity contribution in [1.82, 2.24) is 29.7 Å². The van der Waals surface area contributed by atoms with Gasteiger partial charge in [-0.2, -0.15) is 0 Å². The highest BCUT2D eigenvalue weighted by molar-refractivity contribution is 7.99. The van der Waals surface area contributed by atoms with E-state index >= 15 is 0 Å². The molecule has 0 aliphatic rings. The highest BCUT2D eigenvalue weighted by Gasteiger charge is 2.15. The highest BCUT2D eigenvalue weighted by atomic mass is 32.2. The minimum atomic E-state index is -0.0916. The number of hydrogen-bond donors (Lipinski definition) is 1. The molecule has 8 nitrogen and oxygen atoms in total. The second-order valence-electron chi connectivity index (χ2n) is 5.88. The van der Waals surface area contributed by atoms with E-state index in [0.29, 0.717) is 28.7 Å². The summed E-state index contributed by atoms with van der Waals surface area (Å²) in [5.41, 5.74) is 2.86. The fraction of sp³-hybridized carbons (Fsp3) is 0.158. The van der Waals surface area contributed by atoms with Gasteiger partial charge in [-0.3, -0.25) is 9.78 Å². The molecule has 0 bridgehead atoms. The predicted octanol–water partition coefficient (Wildman–Crippen LogP) is 3.03. The first kappa shape index (κ1) is 18.1. The van der Waals surface area contributed by atoms with Gasteiger partial charge in [-0.05, 0) is 25.1 Å². The van der Waals surface area contributed by atoms with Gasteiger partial charge in [0.2, 0.25) is 5.91 Å². The first-order valence-corrected chi connectivity index (χ1v) is 9.71. The van der Waals surface area contributed by atoms with E-state index in [1.165, 1.54) is 11.8 Å². The van der Waals surface area contributed by atoms with Gasteiger partial charge < -0.3 is 9.88 Å². The van der Waals surface area contributed by atoms with Crippen molar-refractivity contribution >= 4 is 34.5 Å². The summed E-state index contributed by atoms with van der Waals surface area (Å²) >= 11 is 1.35. The van der Waals surface area contributed by atoms with Crippen LogP contribution >= 0.6 is 11.8 Å². The molecule has 3 heterocycles. The molecule has 1 aromatic carbocycles. The number of carbonyl (C=O) groups is 1. The quantitative estimate of drug-likeness (QED) is 0.504. The Morgan fingerprint density at radius 3 is 2.75 bits per heavy atom. The van der Waals surface area contributed by atoms with E-state index in [1.54, 1.807) is 18.6 Å². The Morgan fingerprint density at radius 1 is 1.11 bits per heavy atom. The molecule has 0 atom stereocenters. The SMILES string of the molecule is CCn1c(SCC(=O)Nc2ccccc2)nnc1-c1cnc2nccnc2c1. The Kier molecular flexibility index (Phi) is 5.24. The van der Waals surface area contributed by atoms with Crippen LogP contribution in [0.5, 0.6) is 0 Å². The topological polar surface area (TPSA) is 98.5 Å². The number of amides is 1. The third kappa shape index (κ3) is 3.84. The summed E-state index contributed by atoms with van der Waals surface area (Å²) in [6.45, 7) is 2.68. The minimum absolute atomic E-state index is 0.0916. The van der Waals surface area contributed by atoms with Gasteiger partial charge in [-0.25, -0.2) is 9.97 Å². The standard InChI is InChI=1S/C19H17N7OS/c1-2-26-18(13-10-15-17(22-11-13)21-9-8-20-15)24-25-19(26)28-12-16(27)23-14-6-4-3-5-7-14/h3-11H,2,12H2,1H3,(H,23,27). The van der Waals surface area contributed by atoms with Crippen LogP contribution in [0.2, 0.25) is 0 Å². The maximum absolute atomic E-state index is 12.2. The number of rotatable bonds is 6. The van der Waals surface area contributed by atoms with Crippen molar-refractivity contribution < 1.29 is 4.79 Å². The van der Waals surface area contributed by atoms with Crippen molar-refractivity contribution in [3.05, 3.63) is 55.0 Å². The number of nitrogens with one attached hydrogen (secondary N) is 1. The predicted molar refractivity (Wildman–Crippen MR) is 108 cm³/mol. The van der Waals surface area contributed by atoms with Gasteiger partial charge in [0.05, 0.1) is 5.75 Å². The van der Waals surface area contributed by atoms with Gasteiger partial charge in [0.15, 0.2) is 16.6 Å². The number of aromatic nitrogens is 6. The zero-order chi connectivity index (χ0) is 19.3. The van der Waals surface area contributed by atoms with E-state index in [-0.39, 0.29) is 11.7 Å². The van der Waals surface area contributed by atoms with Gasteiger partial charge in [-0.15, -0.1) is 10.2 Å². The van der Waals surface area contributed by atoms with Crippen LogP contribution in [-0.4, -0.2) is 41.4 Å². The van der Waals surface area contributed by atoms with Crippen molar-refractivity contribution in [2.24, 2.45) is 0 Å². The summed E-state index contributed by atoms with van der Waals surface area (Å²) in [4.78, 5) is 25.0. The minimum Gasteiger partial charge on any atom is -0.325 e. The fourth-order valence-electron chi connectivity index (χ4n) is 2.72. The van der Waals surface area contributed by atoms with Crippen LogP contribution in [0.3, 0.4) is 0 Å². The third-order valence-electron chi connectivity index (χ3n) is 4.01. The molecule has 1 N–H and O–H groups in total. The molecule has 140 valence electrons. The summed E-state index contributed by atoms with van der Waals surface area (Å²) in [6.07, 6.45) is 4.95. The van der Waals surface area contributed by atoms with E-state index in [1.807, 2.05) is 47.9 Å². The normalized spacial score (nSPS) is 10.9. The maximum Gasteiger partial charge on any atom is 0.234 e. The van der Waals surface area contributed by atoms with Crippen molar-refractivity contribution in [3.8, 4) is 11.4 Å². The van der Waals surface area contributed by atoms with Crippen LogP contribution in [0.15, 0.2) is 60.1 Å². The van der Waals surface area contributed by atoms with Gasteiger partial charge in [0.25, 0.3) is 0 Å². The largest absolute Gasteiger partial charge is 0.325 e. The Morgan fingerprint density at radius 2 is 1.93 bits per heavy atom. The van der Waals surface area contributed by atoms with E-state index in [0.717, 1.165) is 11.3 Å². The lowest BCUT2D eigenvalue weighted by Crippen LogP contribution is -2.14. The lowest BCUT2D eigenvalue weighted by Gasteiger charge is -2.08. The van der Waals surface area contributed by atoms with Crippen LogP contribution < -0.4 is 5.32 Å². The molecule has 0 saturated carbocycles. The lowest BCUT2D eigenvalue weighted by atomic mass is 10.2. The van der Waals surface area contributed by atoms with Gasteiger partial charge >= 0.3 is 0 Å². The van der Waals surface area contributed by atoms with Crippen molar-refractivity contribution in [3.63, 3.8) is 0 Å². The van der Waals surface area contributed by atoms with Crippen molar-refractivity contribution in [2.75, 3.05) is 11.1 Å². The molecular formula is C19H17N7OS. The number of thioether (sulfide) groups is 1. The lowest BCUT2D eigenvalue weighted by molar-refractivity contribution is -0.113. The molecule has 9 heteroatoms. The first-order chi connectivity index (χ1) is 13.7. The average molecular weight is 391 g/mol. The maximum atomic E-state index is 12.2. The zero-order valence-corrected chi connectivity index (χ0v) is 15.9. The number of pyridine rings is 1. The number of carbonyl (C=O) groups excluding carboxylic acids is 1. The Balaban J connectivity index is 1.51. The molecule has 1 amide bonds. The number of hydrogen-bond acceptors (Lipinski definition) is 7. The monoisotopic (exact) mass is 391 g/mol. The molecule has 0 radical (unpaired) electrons. The van der Waals surface area contributed by atoms with E-state index in [4.69, 9.17) is 0 Å². The molecule has 3 aromatic heterocycles. The molecular weight excluding hydrogens is 374 g/mol. The number of benzene rings is 1. The highest BCUT2D eigenvalue weighted by Crippen LogP contribution is 2.25. The third-order valence-corrected chi connectivity index (χ3v) is 4.97. The van der Waals surface area contributed by atoms with E-state index < -0.39 is 0 Å². The number of nitrogens with zero attached hydrogens (tertiary/aromatic N) is 6. The van der Waals surface area contributed by atoms with Crippen molar-refractivity contribution in [1.29, 1.82) is 0 Å². The fourth-order valence-corrected chi connectivity index (χ4v) is 3.53. The summed E-state index contributed by atoms with van der Waals surface area (Å²) < 4.78 is 1.96. The van der Waals surface area contributed by atoms with Gasteiger partial charge in [0, 0.05) is 36.4 Å². The number of fused-ring (bicyclic) bond motifs is 1. The average Bonchev–Trinajstić information content (AvgIpc) is 3.15. The molecule has 28 heavy (non-hydrogen) atoms. The zero-order valence-electron chi connectivity index (χ0n) is 15.1. The smallest absolute Gasteiger partial charge is 0.234 e. The second-order valence-corrected chi connectivity index (χ2v) is 6.82. The molecule has 0 aliphatic carbocycles.